The molecule has 0 amide bonds. The maximum atomic E-state index is 12.6. The second-order valence-corrected chi connectivity index (χ2v) is 9.15. The number of nitrogens with one attached hydrogen (secondary N) is 1. The van der Waals surface area contributed by atoms with Crippen molar-refractivity contribution in [3.8, 4) is 0 Å². The van der Waals surface area contributed by atoms with Crippen molar-refractivity contribution in [2.45, 2.75) is 64.8 Å². The Balaban J connectivity index is 1.43. The van der Waals surface area contributed by atoms with Gasteiger partial charge in [0.2, 0.25) is 0 Å². The lowest BCUT2D eigenvalue weighted by atomic mass is 9.76. The molecule has 0 bridgehead atoms. The fourth-order valence-corrected chi connectivity index (χ4v) is 5.24. The first-order valence-electron chi connectivity index (χ1n) is 10.1. The van der Waals surface area contributed by atoms with Gasteiger partial charge in [-0.25, -0.2) is 4.79 Å². The predicted octanol–water partition coefficient (Wildman–Crippen LogP) is 2.44. The van der Waals surface area contributed by atoms with Crippen molar-refractivity contribution in [2.75, 3.05) is 19.7 Å². The highest BCUT2D eigenvalue weighted by Gasteiger charge is 2.39. The van der Waals surface area contributed by atoms with Crippen LogP contribution in [0.15, 0.2) is 10.7 Å². The number of ether oxygens (including phenoxy) is 1. The number of Topliss-reactive ketones (excluding diaryl/α,β-unsaturated/α-hetero) is 1. The number of quaternary nitrogens is 1. The molecule has 3 heterocycles. The van der Waals surface area contributed by atoms with Gasteiger partial charge < -0.3 is 14.1 Å². The quantitative estimate of drug-likeness (QED) is 0.841. The molecule has 0 spiro atoms. The van der Waals surface area contributed by atoms with Crippen LogP contribution in [-0.4, -0.2) is 37.5 Å². The first kappa shape index (κ1) is 17.8. The van der Waals surface area contributed by atoms with E-state index in [-0.39, 0.29) is 11.2 Å². The number of ketones is 1. The van der Waals surface area contributed by atoms with Gasteiger partial charge in [0.15, 0.2) is 5.78 Å². The van der Waals surface area contributed by atoms with Crippen LogP contribution in [0.25, 0.3) is 0 Å². The zero-order valence-corrected chi connectivity index (χ0v) is 15.9. The van der Waals surface area contributed by atoms with Gasteiger partial charge >= 0.3 is 5.97 Å². The number of carbonyl (C=O) groups is 2. The number of furan rings is 1. The molecule has 1 aromatic heterocycles. The molecule has 1 N–H and O–H groups in total. The monoisotopic (exact) mass is 360 g/mol. The highest BCUT2D eigenvalue weighted by Crippen LogP contribution is 2.37. The molecule has 2 saturated heterocycles. The SMILES string of the molecule is CC1(C)CC(=O)c2c(C(=O)OC[C@@H]3CCC[NH+]4CCCC[C@H]34)coc2C1. The van der Waals surface area contributed by atoms with E-state index in [2.05, 4.69) is 13.8 Å². The van der Waals surface area contributed by atoms with Gasteiger partial charge in [0.1, 0.15) is 24.2 Å². The molecule has 3 atom stereocenters. The van der Waals surface area contributed by atoms with Gasteiger partial charge in [0.25, 0.3) is 0 Å². The Labute approximate surface area is 155 Å². The van der Waals surface area contributed by atoms with Gasteiger partial charge in [-0.05, 0) is 37.5 Å². The van der Waals surface area contributed by atoms with Gasteiger partial charge in [-0.15, -0.1) is 0 Å². The van der Waals surface area contributed by atoms with Crippen LogP contribution in [0.3, 0.4) is 0 Å². The highest BCUT2D eigenvalue weighted by atomic mass is 16.5. The summed E-state index contributed by atoms with van der Waals surface area (Å²) in [5.74, 6) is 0.683. The topological polar surface area (TPSA) is 61.0 Å². The largest absolute Gasteiger partial charge is 0.468 e. The summed E-state index contributed by atoms with van der Waals surface area (Å²) in [6, 6.07) is 0.631. The molecular formula is C21H30NO4+. The normalized spacial score (nSPS) is 30.4. The maximum absolute atomic E-state index is 12.6. The average Bonchev–Trinajstić information content (AvgIpc) is 3.02. The summed E-state index contributed by atoms with van der Waals surface area (Å²) in [7, 11) is 0. The molecule has 5 nitrogen and oxygen atoms in total. The van der Waals surface area contributed by atoms with Crippen LogP contribution in [0.5, 0.6) is 0 Å². The third kappa shape index (κ3) is 3.34. The van der Waals surface area contributed by atoms with Crippen LogP contribution in [-0.2, 0) is 11.2 Å². The average molecular weight is 360 g/mol. The van der Waals surface area contributed by atoms with Crippen molar-refractivity contribution in [2.24, 2.45) is 11.3 Å². The molecule has 5 heteroatoms. The highest BCUT2D eigenvalue weighted by molar-refractivity contribution is 6.07. The van der Waals surface area contributed by atoms with E-state index >= 15 is 0 Å². The molecule has 3 aliphatic rings. The summed E-state index contributed by atoms with van der Waals surface area (Å²) in [6.07, 6.45) is 8.75. The fraction of sp³-hybridized carbons (Fsp3) is 0.714. The third-order valence-corrected chi connectivity index (χ3v) is 6.50. The number of piperidine rings is 2. The van der Waals surface area contributed by atoms with Crippen molar-refractivity contribution in [3.05, 3.63) is 23.2 Å². The Hall–Kier alpha value is -1.62. The van der Waals surface area contributed by atoms with Gasteiger partial charge in [0, 0.05) is 18.8 Å². The van der Waals surface area contributed by atoms with E-state index in [1.54, 1.807) is 4.90 Å². The Morgan fingerprint density at radius 2 is 2.04 bits per heavy atom. The molecule has 0 aromatic carbocycles. The lowest BCUT2D eigenvalue weighted by molar-refractivity contribution is -0.940. The van der Waals surface area contributed by atoms with Crippen molar-refractivity contribution >= 4 is 11.8 Å². The van der Waals surface area contributed by atoms with Crippen LogP contribution in [0, 0.1) is 11.3 Å². The molecule has 26 heavy (non-hydrogen) atoms. The van der Waals surface area contributed by atoms with Crippen LogP contribution in [0.2, 0.25) is 0 Å². The van der Waals surface area contributed by atoms with Crippen molar-refractivity contribution in [3.63, 3.8) is 0 Å². The second-order valence-electron chi connectivity index (χ2n) is 9.15. The Morgan fingerprint density at radius 3 is 2.88 bits per heavy atom. The number of fused-ring (bicyclic) bond motifs is 2. The third-order valence-electron chi connectivity index (χ3n) is 6.50. The zero-order chi connectivity index (χ0) is 18.3. The van der Waals surface area contributed by atoms with E-state index in [1.165, 1.54) is 45.0 Å². The summed E-state index contributed by atoms with van der Waals surface area (Å²) >= 11 is 0. The van der Waals surface area contributed by atoms with E-state index in [0.717, 1.165) is 6.42 Å². The van der Waals surface area contributed by atoms with Crippen LogP contribution in [0.4, 0.5) is 0 Å². The molecule has 4 rings (SSSR count). The van der Waals surface area contributed by atoms with Gasteiger partial charge in [-0.2, -0.15) is 0 Å². The minimum absolute atomic E-state index is 0.00230. The minimum atomic E-state index is -0.397. The van der Waals surface area contributed by atoms with Crippen LogP contribution in [0.1, 0.15) is 78.8 Å². The molecule has 2 aliphatic heterocycles. The van der Waals surface area contributed by atoms with Crippen molar-refractivity contribution in [1.29, 1.82) is 0 Å². The van der Waals surface area contributed by atoms with E-state index < -0.39 is 5.97 Å². The molecule has 1 unspecified atom stereocenters. The Bertz CT molecular complexity index is 703. The zero-order valence-electron chi connectivity index (χ0n) is 15.9. The number of rotatable bonds is 3. The van der Waals surface area contributed by atoms with Crippen LogP contribution >= 0.6 is 0 Å². The van der Waals surface area contributed by atoms with Crippen molar-refractivity contribution < 1.29 is 23.6 Å². The Kier molecular flexibility index (Phi) is 4.68. The molecular weight excluding hydrogens is 330 g/mol. The molecule has 0 radical (unpaired) electrons. The van der Waals surface area contributed by atoms with Gasteiger partial charge in [0.05, 0.1) is 24.7 Å². The standard InChI is InChI=1S/C21H29NO4/c1-21(2)10-17(23)19-15(13-25-18(19)11-21)20(24)26-12-14-6-5-9-22-8-4-3-7-16(14)22/h13-14,16H,3-12H2,1-2H3/p+1/t14-,16+/m0/s1. The number of hydrogen-bond donors (Lipinski definition) is 1. The van der Waals surface area contributed by atoms with Gasteiger partial charge in [-0.1, -0.05) is 13.8 Å². The lowest BCUT2D eigenvalue weighted by Gasteiger charge is -2.40. The molecule has 2 fully saturated rings. The maximum Gasteiger partial charge on any atom is 0.342 e. The Morgan fingerprint density at radius 1 is 1.23 bits per heavy atom. The second kappa shape index (κ2) is 6.84. The van der Waals surface area contributed by atoms with Crippen molar-refractivity contribution in [1.82, 2.24) is 0 Å². The summed E-state index contributed by atoms with van der Waals surface area (Å²) in [4.78, 5) is 26.9. The predicted molar refractivity (Wildman–Crippen MR) is 96.5 cm³/mol. The first-order chi connectivity index (χ1) is 12.4. The molecule has 1 aliphatic carbocycles. The van der Waals surface area contributed by atoms with E-state index in [4.69, 9.17) is 9.15 Å². The van der Waals surface area contributed by atoms with E-state index in [1.807, 2.05) is 0 Å². The fourth-order valence-electron chi connectivity index (χ4n) is 5.24. The molecule has 1 aromatic rings. The summed E-state index contributed by atoms with van der Waals surface area (Å²) < 4.78 is 11.2. The number of carbonyl (C=O) groups excluding carboxylic acids is 2. The lowest BCUT2D eigenvalue weighted by Crippen LogP contribution is -3.18. The van der Waals surface area contributed by atoms with Gasteiger partial charge in [-0.3, -0.25) is 4.79 Å². The summed E-state index contributed by atoms with van der Waals surface area (Å²) in [5, 5.41) is 0. The first-order valence-corrected chi connectivity index (χ1v) is 10.1. The van der Waals surface area contributed by atoms with E-state index in [0.29, 0.717) is 48.3 Å². The minimum Gasteiger partial charge on any atom is -0.468 e. The summed E-state index contributed by atoms with van der Waals surface area (Å²) in [6.45, 7) is 7.08. The molecule has 142 valence electrons. The smallest absolute Gasteiger partial charge is 0.342 e. The summed E-state index contributed by atoms with van der Waals surface area (Å²) in [5.41, 5.74) is 0.672. The van der Waals surface area contributed by atoms with E-state index in [9.17, 15) is 9.59 Å². The molecule has 0 saturated carbocycles. The number of esters is 1. The van der Waals surface area contributed by atoms with Crippen LogP contribution < -0.4 is 4.90 Å². The number of hydrogen-bond acceptors (Lipinski definition) is 4.